The molecule has 0 aromatic carbocycles. The molecule has 0 saturated carbocycles. The summed E-state index contributed by atoms with van der Waals surface area (Å²) in [6.45, 7) is 8.52. The molecule has 100 valence electrons. The Hall–Kier alpha value is -1.29. The summed E-state index contributed by atoms with van der Waals surface area (Å²) in [4.78, 5) is 7.03. The molecule has 4 heteroatoms. The summed E-state index contributed by atoms with van der Waals surface area (Å²) in [5, 5.41) is 6.83. The maximum absolute atomic E-state index is 4.59. The molecule has 0 bridgehead atoms. The average molecular weight is 248 g/mol. The molecule has 1 saturated heterocycles. The quantitative estimate of drug-likeness (QED) is 0.837. The lowest BCUT2D eigenvalue weighted by Gasteiger charge is -2.35. The standard InChI is InChI=1S/C14H24N4/c1-3-16-13-6-5-9-17-14(13)18(4-2)12-7-10-15-11-8-12/h5-6,9,12,15-16H,3-4,7-8,10-11H2,1-2H3. The minimum Gasteiger partial charge on any atom is -0.382 e. The van der Waals surface area contributed by atoms with Gasteiger partial charge in [-0.25, -0.2) is 4.98 Å². The molecular weight excluding hydrogens is 224 g/mol. The summed E-state index contributed by atoms with van der Waals surface area (Å²) in [6.07, 6.45) is 4.30. The van der Waals surface area contributed by atoms with Crippen molar-refractivity contribution < 1.29 is 0 Å². The molecule has 1 aliphatic rings. The second-order valence-electron chi connectivity index (χ2n) is 4.67. The minimum absolute atomic E-state index is 0.614. The molecule has 18 heavy (non-hydrogen) atoms. The van der Waals surface area contributed by atoms with Gasteiger partial charge in [0.2, 0.25) is 0 Å². The number of aromatic nitrogens is 1. The highest BCUT2D eigenvalue weighted by molar-refractivity contribution is 5.65. The van der Waals surface area contributed by atoms with Crippen molar-refractivity contribution in [2.24, 2.45) is 0 Å². The summed E-state index contributed by atoms with van der Waals surface area (Å²) in [5.41, 5.74) is 1.15. The van der Waals surface area contributed by atoms with E-state index in [2.05, 4.69) is 40.4 Å². The lowest BCUT2D eigenvalue weighted by molar-refractivity contribution is 0.432. The molecule has 1 fully saturated rings. The number of nitrogens with zero attached hydrogens (tertiary/aromatic N) is 2. The number of nitrogens with one attached hydrogen (secondary N) is 2. The first-order chi connectivity index (χ1) is 8.86. The van der Waals surface area contributed by atoms with Crippen LogP contribution < -0.4 is 15.5 Å². The van der Waals surface area contributed by atoms with Crippen molar-refractivity contribution >= 4 is 11.5 Å². The smallest absolute Gasteiger partial charge is 0.152 e. The zero-order chi connectivity index (χ0) is 12.8. The highest BCUT2D eigenvalue weighted by Crippen LogP contribution is 2.26. The average Bonchev–Trinajstić information content (AvgIpc) is 2.43. The van der Waals surface area contributed by atoms with Crippen LogP contribution in [0, 0.1) is 0 Å². The SMILES string of the molecule is CCNc1cccnc1N(CC)C1CCNCC1. The van der Waals surface area contributed by atoms with E-state index in [1.807, 2.05) is 12.3 Å². The van der Waals surface area contributed by atoms with Crippen LogP contribution in [0.2, 0.25) is 0 Å². The van der Waals surface area contributed by atoms with Crippen LogP contribution in [0.5, 0.6) is 0 Å². The van der Waals surface area contributed by atoms with Gasteiger partial charge in [0, 0.05) is 25.3 Å². The van der Waals surface area contributed by atoms with Crippen molar-refractivity contribution in [3.05, 3.63) is 18.3 Å². The van der Waals surface area contributed by atoms with Crippen LogP contribution in [-0.2, 0) is 0 Å². The lowest BCUT2D eigenvalue weighted by atomic mass is 10.0. The van der Waals surface area contributed by atoms with Crippen LogP contribution in [0.1, 0.15) is 26.7 Å². The molecule has 2 rings (SSSR count). The zero-order valence-electron chi connectivity index (χ0n) is 11.4. The van der Waals surface area contributed by atoms with E-state index in [0.717, 1.165) is 37.7 Å². The Bertz CT molecular complexity index is 361. The number of pyridine rings is 1. The van der Waals surface area contributed by atoms with Crippen LogP contribution in [0.25, 0.3) is 0 Å². The van der Waals surface area contributed by atoms with Crippen molar-refractivity contribution in [3.63, 3.8) is 0 Å². The molecule has 0 unspecified atom stereocenters. The van der Waals surface area contributed by atoms with Gasteiger partial charge in [-0.3, -0.25) is 0 Å². The monoisotopic (exact) mass is 248 g/mol. The Labute approximate surface area is 110 Å². The van der Waals surface area contributed by atoms with Crippen molar-refractivity contribution in [1.82, 2.24) is 10.3 Å². The normalized spacial score (nSPS) is 16.6. The molecule has 0 radical (unpaired) electrons. The van der Waals surface area contributed by atoms with Crippen LogP contribution in [0.4, 0.5) is 11.5 Å². The van der Waals surface area contributed by atoms with Crippen molar-refractivity contribution in [3.8, 4) is 0 Å². The van der Waals surface area contributed by atoms with Crippen LogP contribution in [-0.4, -0.2) is 37.2 Å². The highest BCUT2D eigenvalue weighted by atomic mass is 15.2. The number of rotatable bonds is 5. The van der Waals surface area contributed by atoms with Gasteiger partial charge in [-0.2, -0.15) is 0 Å². The third kappa shape index (κ3) is 2.93. The molecule has 1 aromatic rings. The van der Waals surface area contributed by atoms with E-state index in [-0.39, 0.29) is 0 Å². The van der Waals surface area contributed by atoms with E-state index >= 15 is 0 Å². The number of piperidine rings is 1. The summed E-state index contributed by atoms with van der Waals surface area (Å²) >= 11 is 0. The van der Waals surface area contributed by atoms with E-state index in [9.17, 15) is 0 Å². The van der Waals surface area contributed by atoms with Gasteiger partial charge in [0.15, 0.2) is 5.82 Å². The predicted molar refractivity (Wildman–Crippen MR) is 77.3 cm³/mol. The molecule has 1 aromatic heterocycles. The first-order valence-corrected chi connectivity index (χ1v) is 7.03. The van der Waals surface area contributed by atoms with Crippen LogP contribution in [0.15, 0.2) is 18.3 Å². The van der Waals surface area contributed by atoms with E-state index in [4.69, 9.17) is 0 Å². The maximum Gasteiger partial charge on any atom is 0.152 e. The molecule has 0 atom stereocenters. The van der Waals surface area contributed by atoms with Gasteiger partial charge in [0.25, 0.3) is 0 Å². The molecule has 2 heterocycles. The van der Waals surface area contributed by atoms with E-state index in [1.165, 1.54) is 12.8 Å². The van der Waals surface area contributed by atoms with Gasteiger partial charge in [0.1, 0.15) is 0 Å². The molecule has 0 amide bonds. The second kappa shape index (κ2) is 6.59. The van der Waals surface area contributed by atoms with E-state index < -0.39 is 0 Å². The first kappa shape index (κ1) is 13.1. The Morgan fingerprint density at radius 2 is 2.17 bits per heavy atom. The fraction of sp³-hybridized carbons (Fsp3) is 0.643. The highest BCUT2D eigenvalue weighted by Gasteiger charge is 2.22. The third-order valence-corrected chi connectivity index (χ3v) is 3.52. The topological polar surface area (TPSA) is 40.2 Å². The lowest BCUT2D eigenvalue weighted by Crippen LogP contribution is -2.43. The Morgan fingerprint density at radius 3 is 2.83 bits per heavy atom. The maximum atomic E-state index is 4.59. The molecule has 0 aliphatic carbocycles. The molecule has 0 spiro atoms. The molecular formula is C14H24N4. The minimum atomic E-state index is 0.614. The fourth-order valence-corrected chi connectivity index (χ4v) is 2.65. The van der Waals surface area contributed by atoms with Crippen molar-refractivity contribution in [2.45, 2.75) is 32.7 Å². The summed E-state index contributed by atoms with van der Waals surface area (Å²) < 4.78 is 0. The first-order valence-electron chi connectivity index (χ1n) is 7.03. The Balaban J connectivity index is 2.20. The summed E-state index contributed by atoms with van der Waals surface area (Å²) in [6, 6.07) is 4.73. The fourth-order valence-electron chi connectivity index (χ4n) is 2.65. The zero-order valence-corrected chi connectivity index (χ0v) is 11.4. The summed E-state index contributed by atoms with van der Waals surface area (Å²) in [5.74, 6) is 1.11. The number of hydrogen-bond donors (Lipinski definition) is 2. The molecule has 1 aliphatic heterocycles. The van der Waals surface area contributed by atoms with Gasteiger partial charge < -0.3 is 15.5 Å². The van der Waals surface area contributed by atoms with Gasteiger partial charge >= 0.3 is 0 Å². The largest absolute Gasteiger partial charge is 0.382 e. The number of hydrogen-bond acceptors (Lipinski definition) is 4. The van der Waals surface area contributed by atoms with Crippen molar-refractivity contribution in [2.75, 3.05) is 36.4 Å². The second-order valence-corrected chi connectivity index (χ2v) is 4.67. The van der Waals surface area contributed by atoms with E-state index in [0.29, 0.717) is 6.04 Å². The summed E-state index contributed by atoms with van der Waals surface area (Å²) in [7, 11) is 0. The van der Waals surface area contributed by atoms with Gasteiger partial charge in [-0.05, 0) is 51.9 Å². The predicted octanol–water partition coefficient (Wildman–Crippen LogP) is 2.09. The third-order valence-electron chi connectivity index (χ3n) is 3.52. The molecule has 4 nitrogen and oxygen atoms in total. The van der Waals surface area contributed by atoms with Crippen LogP contribution >= 0.6 is 0 Å². The van der Waals surface area contributed by atoms with Crippen LogP contribution in [0.3, 0.4) is 0 Å². The molecule has 2 N–H and O–H groups in total. The number of anilines is 2. The van der Waals surface area contributed by atoms with Crippen molar-refractivity contribution in [1.29, 1.82) is 0 Å². The van der Waals surface area contributed by atoms with Gasteiger partial charge in [-0.1, -0.05) is 0 Å². The van der Waals surface area contributed by atoms with Gasteiger partial charge in [-0.15, -0.1) is 0 Å². The Morgan fingerprint density at radius 1 is 1.39 bits per heavy atom. The van der Waals surface area contributed by atoms with Gasteiger partial charge in [0.05, 0.1) is 5.69 Å². The van der Waals surface area contributed by atoms with E-state index in [1.54, 1.807) is 0 Å². The Kier molecular flexibility index (Phi) is 4.81.